The van der Waals surface area contributed by atoms with Crippen LogP contribution in [0.5, 0.6) is 11.5 Å². The first-order chi connectivity index (χ1) is 13.8. The normalized spacial score (nSPS) is 11.1. The first-order valence-corrected chi connectivity index (χ1v) is 10.0. The van der Waals surface area contributed by atoms with Gasteiger partial charge in [-0.3, -0.25) is 9.89 Å². The minimum Gasteiger partial charge on any atom is -0.493 e. The number of carbonyl (C=O) groups excluding carboxylic acids is 1. The molecule has 2 aromatic carbocycles. The van der Waals surface area contributed by atoms with E-state index < -0.39 is 10.0 Å². The van der Waals surface area contributed by atoms with Gasteiger partial charge in [-0.05, 0) is 42.0 Å². The van der Waals surface area contributed by atoms with Gasteiger partial charge in [-0.25, -0.2) is 13.6 Å². The molecule has 0 bridgehead atoms. The van der Waals surface area contributed by atoms with Gasteiger partial charge in [0.25, 0.3) is 5.91 Å². The van der Waals surface area contributed by atoms with Gasteiger partial charge in [0.1, 0.15) is 5.69 Å². The third kappa shape index (κ3) is 4.73. The van der Waals surface area contributed by atoms with Gasteiger partial charge in [-0.1, -0.05) is 12.1 Å². The van der Waals surface area contributed by atoms with Crippen molar-refractivity contribution >= 4 is 15.9 Å². The second-order valence-corrected chi connectivity index (χ2v) is 7.67. The topological polar surface area (TPSA) is 136 Å². The van der Waals surface area contributed by atoms with Crippen LogP contribution in [0.4, 0.5) is 0 Å². The minimum atomic E-state index is -3.74. The van der Waals surface area contributed by atoms with E-state index in [-0.39, 0.29) is 23.0 Å². The van der Waals surface area contributed by atoms with Crippen molar-refractivity contribution in [1.29, 1.82) is 0 Å². The SMILES string of the molecule is COc1ccc(-c2cc(C(=O)NCc3ccc(S(N)(=O)=O)cc3)[nH]n2)cc1OC. The number of methoxy groups -OCH3 is 2. The number of hydrogen-bond acceptors (Lipinski definition) is 6. The molecule has 4 N–H and O–H groups in total. The smallest absolute Gasteiger partial charge is 0.269 e. The molecule has 3 aromatic rings. The van der Waals surface area contributed by atoms with Crippen LogP contribution >= 0.6 is 0 Å². The lowest BCUT2D eigenvalue weighted by Crippen LogP contribution is -2.23. The number of nitrogens with one attached hydrogen (secondary N) is 2. The molecule has 0 unspecified atom stereocenters. The number of nitrogens with two attached hydrogens (primary N) is 1. The van der Waals surface area contributed by atoms with E-state index in [1.807, 2.05) is 6.07 Å². The van der Waals surface area contributed by atoms with Crippen LogP contribution in [0.2, 0.25) is 0 Å². The van der Waals surface area contributed by atoms with Crippen LogP contribution in [-0.2, 0) is 16.6 Å². The summed E-state index contributed by atoms with van der Waals surface area (Å²) >= 11 is 0. The van der Waals surface area contributed by atoms with Crippen LogP contribution in [0.3, 0.4) is 0 Å². The lowest BCUT2D eigenvalue weighted by Gasteiger charge is -2.08. The summed E-state index contributed by atoms with van der Waals surface area (Å²) in [5, 5.41) is 14.7. The van der Waals surface area contributed by atoms with Crippen molar-refractivity contribution in [1.82, 2.24) is 15.5 Å². The standard InChI is InChI=1S/C19H20N4O5S/c1-27-17-8-5-13(9-18(17)28-2)15-10-16(23-22-15)19(24)21-11-12-3-6-14(7-4-12)29(20,25)26/h3-10H,11H2,1-2H3,(H,21,24)(H,22,23)(H2,20,25,26). The van der Waals surface area contributed by atoms with Gasteiger partial charge >= 0.3 is 0 Å². The number of benzene rings is 2. The van der Waals surface area contributed by atoms with Crippen LogP contribution in [0.15, 0.2) is 53.4 Å². The zero-order valence-corrected chi connectivity index (χ0v) is 16.6. The summed E-state index contributed by atoms with van der Waals surface area (Å²) in [5.41, 5.74) is 2.35. The van der Waals surface area contributed by atoms with Crippen LogP contribution < -0.4 is 19.9 Å². The van der Waals surface area contributed by atoms with E-state index in [1.165, 1.54) is 12.1 Å². The molecular weight excluding hydrogens is 396 g/mol. The number of carbonyl (C=O) groups is 1. The minimum absolute atomic E-state index is 0.0145. The quantitative estimate of drug-likeness (QED) is 0.536. The highest BCUT2D eigenvalue weighted by atomic mass is 32.2. The highest BCUT2D eigenvalue weighted by molar-refractivity contribution is 7.89. The average molecular weight is 416 g/mol. The summed E-state index contributed by atoms with van der Waals surface area (Å²) in [6.07, 6.45) is 0. The van der Waals surface area contributed by atoms with E-state index in [4.69, 9.17) is 14.6 Å². The van der Waals surface area contributed by atoms with Crippen LogP contribution in [0, 0.1) is 0 Å². The molecule has 0 radical (unpaired) electrons. The van der Waals surface area contributed by atoms with E-state index in [1.54, 1.807) is 44.6 Å². The van der Waals surface area contributed by atoms with E-state index in [9.17, 15) is 13.2 Å². The molecule has 3 rings (SSSR count). The zero-order chi connectivity index (χ0) is 21.0. The summed E-state index contributed by atoms with van der Waals surface area (Å²) in [5.74, 6) is 0.805. The third-order valence-electron chi connectivity index (χ3n) is 4.21. The van der Waals surface area contributed by atoms with Crippen LogP contribution in [0.25, 0.3) is 11.3 Å². The van der Waals surface area contributed by atoms with E-state index in [0.29, 0.717) is 17.2 Å². The summed E-state index contributed by atoms with van der Waals surface area (Å²) in [6.45, 7) is 0.217. The summed E-state index contributed by atoms with van der Waals surface area (Å²) in [7, 11) is -0.650. The van der Waals surface area contributed by atoms with Gasteiger partial charge in [-0.2, -0.15) is 5.10 Å². The monoisotopic (exact) mass is 416 g/mol. The second-order valence-electron chi connectivity index (χ2n) is 6.11. The first kappa shape index (κ1) is 20.4. The largest absolute Gasteiger partial charge is 0.493 e. The molecule has 9 nitrogen and oxygen atoms in total. The van der Waals surface area contributed by atoms with Crippen LogP contribution in [0.1, 0.15) is 16.1 Å². The molecule has 0 saturated carbocycles. The average Bonchev–Trinajstić information content (AvgIpc) is 3.21. The molecule has 0 saturated heterocycles. The van der Waals surface area contributed by atoms with Crippen molar-refractivity contribution in [2.45, 2.75) is 11.4 Å². The number of sulfonamides is 1. The predicted octanol–water partition coefficient (Wildman–Crippen LogP) is 1.67. The molecule has 1 aromatic heterocycles. The number of ether oxygens (including phenoxy) is 2. The number of aromatic nitrogens is 2. The molecule has 0 aliphatic carbocycles. The van der Waals surface area contributed by atoms with E-state index >= 15 is 0 Å². The maximum Gasteiger partial charge on any atom is 0.269 e. The summed E-state index contributed by atoms with van der Waals surface area (Å²) < 4.78 is 33.0. The third-order valence-corrected chi connectivity index (χ3v) is 5.14. The molecule has 29 heavy (non-hydrogen) atoms. The van der Waals surface area contributed by atoms with Gasteiger partial charge in [0.05, 0.1) is 24.8 Å². The highest BCUT2D eigenvalue weighted by Crippen LogP contribution is 2.31. The number of hydrogen-bond donors (Lipinski definition) is 3. The Morgan fingerprint density at radius 1 is 1.07 bits per heavy atom. The van der Waals surface area contributed by atoms with E-state index in [2.05, 4.69) is 15.5 Å². The van der Waals surface area contributed by atoms with Gasteiger partial charge in [-0.15, -0.1) is 0 Å². The fourth-order valence-electron chi connectivity index (χ4n) is 2.66. The predicted molar refractivity (Wildman–Crippen MR) is 106 cm³/mol. The molecular formula is C19H20N4O5S. The maximum atomic E-state index is 12.4. The number of rotatable bonds is 7. The van der Waals surface area contributed by atoms with Crippen molar-refractivity contribution < 1.29 is 22.7 Å². The fourth-order valence-corrected chi connectivity index (χ4v) is 3.17. The van der Waals surface area contributed by atoms with E-state index in [0.717, 1.165) is 11.1 Å². The Morgan fingerprint density at radius 2 is 1.76 bits per heavy atom. The number of nitrogens with zero attached hydrogens (tertiary/aromatic N) is 1. The first-order valence-electron chi connectivity index (χ1n) is 8.49. The van der Waals surface area contributed by atoms with Crippen molar-refractivity contribution in [2.24, 2.45) is 5.14 Å². The van der Waals surface area contributed by atoms with Crippen LogP contribution in [-0.4, -0.2) is 38.7 Å². The van der Waals surface area contributed by atoms with Gasteiger partial charge in [0.2, 0.25) is 10.0 Å². The van der Waals surface area contributed by atoms with Gasteiger partial charge in [0, 0.05) is 12.1 Å². The maximum absolute atomic E-state index is 12.4. The Morgan fingerprint density at radius 3 is 2.38 bits per heavy atom. The highest BCUT2D eigenvalue weighted by Gasteiger charge is 2.13. The molecule has 1 heterocycles. The Bertz CT molecular complexity index is 1120. The van der Waals surface area contributed by atoms with Crippen molar-refractivity contribution in [3.63, 3.8) is 0 Å². The summed E-state index contributed by atoms with van der Waals surface area (Å²) in [6, 6.07) is 12.9. The van der Waals surface area contributed by atoms with Gasteiger partial charge in [0.15, 0.2) is 11.5 Å². The van der Waals surface area contributed by atoms with Crippen molar-refractivity contribution in [3.05, 3.63) is 59.8 Å². The Kier molecular flexibility index (Phi) is 5.85. The molecule has 152 valence electrons. The Balaban J connectivity index is 1.68. The molecule has 1 amide bonds. The number of amides is 1. The number of primary sulfonamides is 1. The fraction of sp³-hybridized carbons (Fsp3) is 0.158. The van der Waals surface area contributed by atoms with Crippen molar-refractivity contribution in [2.75, 3.05) is 14.2 Å². The summed E-state index contributed by atoms with van der Waals surface area (Å²) in [4.78, 5) is 12.4. The molecule has 0 atom stereocenters. The second kappa shape index (κ2) is 8.33. The molecule has 0 aliphatic heterocycles. The molecule has 0 fully saturated rings. The number of aromatic amines is 1. The lowest BCUT2D eigenvalue weighted by atomic mass is 10.1. The Hall–Kier alpha value is -3.37. The molecule has 0 aliphatic rings. The zero-order valence-electron chi connectivity index (χ0n) is 15.8. The molecule has 0 spiro atoms. The molecule has 10 heteroatoms. The Labute approximate surface area is 167 Å². The lowest BCUT2D eigenvalue weighted by molar-refractivity contribution is 0.0946. The number of H-pyrrole nitrogens is 1. The van der Waals surface area contributed by atoms with Gasteiger partial charge < -0.3 is 14.8 Å². The van der Waals surface area contributed by atoms with Crippen molar-refractivity contribution in [3.8, 4) is 22.8 Å².